The van der Waals surface area contributed by atoms with Crippen LogP contribution in [0.15, 0.2) is 0 Å². The molecule has 5 nitrogen and oxygen atoms in total. The van der Waals surface area contributed by atoms with Crippen LogP contribution in [0.25, 0.3) is 0 Å². The maximum atomic E-state index is 11.4. The second-order valence-corrected chi connectivity index (χ2v) is 5.23. The Hall–Kier alpha value is 0.120. The molecule has 7 heteroatoms. The first kappa shape index (κ1) is 15.1. The molecule has 92 valence electrons. The second kappa shape index (κ2) is 6.65. The molecule has 1 heterocycles. The lowest BCUT2D eigenvalue weighted by atomic mass is 9.97. The lowest BCUT2D eigenvalue weighted by Crippen LogP contribution is -2.51. The van der Waals surface area contributed by atoms with Crippen molar-refractivity contribution < 1.29 is 8.42 Å². The van der Waals surface area contributed by atoms with Crippen LogP contribution < -0.4 is 14.8 Å². The van der Waals surface area contributed by atoms with Crippen molar-refractivity contribution in [3.63, 3.8) is 0 Å². The monoisotopic (exact) mass is 257 g/mol. The van der Waals surface area contributed by atoms with E-state index in [0.29, 0.717) is 12.5 Å². The van der Waals surface area contributed by atoms with Crippen LogP contribution in [0.5, 0.6) is 0 Å². The molecule has 0 radical (unpaired) electrons. The smallest absolute Gasteiger partial charge is 0.277 e. The Morgan fingerprint density at radius 2 is 2.13 bits per heavy atom. The van der Waals surface area contributed by atoms with Gasteiger partial charge in [-0.05, 0) is 25.4 Å². The van der Waals surface area contributed by atoms with E-state index >= 15 is 0 Å². The Morgan fingerprint density at radius 1 is 1.47 bits per heavy atom. The van der Waals surface area contributed by atoms with Crippen molar-refractivity contribution in [2.24, 2.45) is 5.92 Å². The molecule has 0 aromatic rings. The molecule has 0 bridgehead atoms. The van der Waals surface area contributed by atoms with Gasteiger partial charge < -0.3 is 5.32 Å². The highest BCUT2D eigenvalue weighted by atomic mass is 35.5. The Kier molecular flexibility index (Phi) is 6.70. The molecule has 1 saturated heterocycles. The SMILES string of the molecule is CCNS(=O)(=O)NC1CCNCC1C.Cl. The van der Waals surface area contributed by atoms with Crippen molar-refractivity contribution in [1.82, 2.24) is 14.8 Å². The Morgan fingerprint density at radius 3 is 2.67 bits per heavy atom. The predicted molar refractivity (Wildman–Crippen MR) is 63.4 cm³/mol. The van der Waals surface area contributed by atoms with Gasteiger partial charge in [-0.15, -0.1) is 12.4 Å². The van der Waals surface area contributed by atoms with Crippen molar-refractivity contribution in [1.29, 1.82) is 0 Å². The summed E-state index contributed by atoms with van der Waals surface area (Å²) >= 11 is 0. The fourth-order valence-electron chi connectivity index (χ4n) is 1.62. The van der Waals surface area contributed by atoms with Gasteiger partial charge in [-0.3, -0.25) is 0 Å². The third-order valence-electron chi connectivity index (χ3n) is 2.43. The zero-order valence-corrected chi connectivity index (χ0v) is 10.7. The number of hydrogen-bond donors (Lipinski definition) is 3. The van der Waals surface area contributed by atoms with Gasteiger partial charge in [0, 0.05) is 12.6 Å². The van der Waals surface area contributed by atoms with Gasteiger partial charge in [0.25, 0.3) is 10.2 Å². The standard InChI is InChI=1S/C8H19N3O2S.ClH/c1-3-10-14(12,13)11-8-4-5-9-6-7(8)2;/h7-11H,3-6H2,1-2H3;1H. The largest absolute Gasteiger partial charge is 0.316 e. The van der Waals surface area contributed by atoms with Crippen molar-refractivity contribution in [2.75, 3.05) is 19.6 Å². The van der Waals surface area contributed by atoms with Crippen LogP contribution in [0.4, 0.5) is 0 Å². The van der Waals surface area contributed by atoms with Gasteiger partial charge in [-0.2, -0.15) is 13.1 Å². The number of nitrogens with one attached hydrogen (secondary N) is 3. The summed E-state index contributed by atoms with van der Waals surface area (Å²) in [4.78, 5) is 0. The summed E-state index contributed by atoms with van der Waals surface area (Å²) in [5.74, 6) is 0.345. The first-order valence-electron chi connectivity index (χ1n) is 5.03. The third kappa shape index (κ3) is 5.12. The van der Waals surface area contributed by atoms with E-state index in [1.807, 2.05) is 6.92 Å². The zero-order chi connectivity index (χ0) is 10.6. The van der Waals surface area contributed by atoms with Crippen molar-refractivity contribution in [3.8, 4) is 0 Å². The molecule has 0 amide bonds. The van der Waals surface area contributed by atoms with Crippen LogP contribution >= 0.6 is 12.4 Å². The molecule has 1 aliphatic rings. The molecule has 0 spiro atoms. The minimum absolute atomic E-state index is 0. The fraction of sp³-hybridized carbons (Fsp3) is 1.00. The number of rotatable bonds is 4. The van der Waals surface area contributed by atoms with E-state index in [2.05, 4.69) is 14.8 Å². The lowest BCUT2D eigenvalue weighted by molar-refractivity contribution is 0.327. The van der Waals surface area contributed by atoms with Gasteiger partial charge in [0.15, 0.2) is 0 Å². The Balaban J connectivity index is 0.00000196. The molecule has 0 aliphatic carbocycles. The Bertz CT molecular complexity index is 271. The topological polar surface area (TPSA) is 70.2 Å². The minimum Gasteiger partial charge on any atom is -0.316 e. The zero-order valence-electron chi connectivity index (χ0n) is 9.12. The van der Waals surface area contributed by atoms with Gasteiger partial charge in [-0.25, -0.2) is 4.72 Å². The van der Waals surface area contributed by atoms with Crippen LogP contribution in [0, 0.1) is 5.92 Å². The predicted octanol–water partition coefficient (Wildman–Crippen LogP) is -0.150. The summed E-state index contributed by atoms with van der Waals surface area (Å²) in [5, 5.41) is 3.23. The molecule has 1 rings (SSSR count). The third-order valence-corrected chi connectivity index (χ3v) is 3.71. The van der Waals surface area contributed by atoms with Crippen molar-refractivity contribution >= 4 is 22.6 Å². The van der Waals surface area contributed by atoms with Gasteiger partial charge >= 0.3 is 0 Å². The molecule has 2 atom stereocenters. The maximum absolute atomic E-state index is 11.4. The van der Waals surface area contributed by atoms with Gasteiger partial charge in [-0.1, -0.05) is 13.8 Å². The fourth-order valence-corrected chi connectivity index (χ4v) is 2.83. The normalized spacial score (nSPS) is 27.1. The van der Waals surface area contributed by atoms with Gasteiger partial charge in [0.05, 0.1) is 0 Å². The molecular formula is C8H20ClN3O2S. The molecule has 2 unspecified atom stereocenters. The highest BCUT2D eigenvalue weighted by Crippen LogP contribution is 2.10. The van der Waals surface area contributed by atoms with E-state index in [9.17, 15) is 8.42 Å². The van der Waals surface area contributed by atoms with Crippen LogP contribution in [0.2, 0.25) is 0 Å². The first-order chi connectivity index (χ1) is 6.55. The molecular weight excluding hydrogens is 238 g/mol. The molecule has 0 aromatic carbocycles. The summed E-state index contributed by atoms with van der Waals surface area (Å²) in [6.45, 7) is 5.99. The summed E-state index contributed by atoms with van der Waals surface area (Å²) < 4.78 is 27.9. The van der Waals surface area contributed by atoms with Gasteiger partial charge in [0.1, 0.15) is 0 Å². The van der Waals surface area contributed by atoms with E-state index in [1.54, 1.807) is 6.92 Å². The molecule has 1 aliphatic heterocycles. The maximum Gasteiger partial charge on any atom is 0.277 e. The van der Waals surface area contributed by atoms with Crippen LogP contribution in [-0.4, -0.2) is 34.1 Å². The molecule has 0 aromatic heterocycles. The lowest BCUT2D eigenvalue weighted by Gasteiger charge is -2.29. The number of hydrogen-bond acceptors (Lipinski definition) is 3. The van der Waals surface area contributed by atoms with Crippen LogP contribution in [0.3, 0.4) is 0 Å². The summed E-state index contributed by atoms with van der Waals surface area (Å²) in [6.07, 6.45) is 0.853. The quantitative estimate of drug-likeness (QED) is 0.656. The van der Waals surface area contributed by atoms with E-state index in [1.165, 1.54) is 0 Å². The van der Waals surface area contributed by atoms with Crippen LogP contribution in [-0.2, 0) is 10.2 Å². The molecule has 15 heavy (non-hydrogen) atoms. The number of piperidine rings is 1. The van der Waals surface area contributed by atoms with Crippen molar-refractivity contribution in [2.45, 2.75) is 26.3 Å². The molecule has 1 fully saturated rings. The molecule has 0 saturated carbocycles. The van der Waals surface area contributed by atoms with Gasteiger partial charge in [0.2, 0.25) is 0 Å². The Labute approximate surface area is 98.0 Å². The summed E-state index contributed by atoms with van der Waals surface area (Å²) in [5.41, 5.74) is 0. The second-order valence-electron chi connectivity index (χ2n) is 3.70. The van der Waals surface area contributed by atoms with E-state index in [0.717, 1.165) is 19.5 Å². The summed E-state index contributed by atoms with van der Waals surface area (Å²) in [6, 6.07) is 0.0558. The highest BCUT2D eigenvalue weighted by molar-refractivity contribution is 7.87. The average molecular weight is 258 g/mol. The minimum atomic E-state index is -3.29. The van der Waals surface area contributed by atoms with E-state index in [-0.39, 0.29) is 18.4 Å². The average Bonchev–Trinajstić information content (AvgIpc) is 2.08. The highest BCUT2D eigenvalue weighted by Gasteiger charge is 2.24. The van der Waals surface area contributed by atoms with Crippen LogP contribution in [0.1, 0.15) is 20.3 Å². The van der Waals surface area contributed by atoms with E-state index < -0.39 is 10.2 Å². The molecule has 3 N–H and O–H groups in total. The van der Waals surface area contributed by atoms with E-state index in [4.69, 9.17) is 0 Å². The van der Waals surface area contributed by atoms with Crippen molar-refractivity contribution in [3.05, 3.63) is 0 Å². The summed E-state index contributed by atoms with van der Waals surface area (Å²) in [7, 11) is -3.29. The first-order valence-corrected chi connectivity index (χ1v) is 6.51. The number of halogens is 1.